The summed E-state index contributed by atoms with van der Waals surface area (Å²) in [6, 6.07) is 1.78. The normalized spacial score (nSPS) is 30.8. The predicted octanol–water partition coefficient (Wildman–Crippen LogP) is 2.49. The number of aryl methyl sites for hydroxylation is 2. The number of nitrogens with zero attached hydrogens (tertiary/aromatic N) is 3. The lowest BCUT2D eigenvalue weighted by Gasteiger charge is -2.38. The van der Waals surface area contributed by atoms with Gasteiger partial charge in [0.1, 0.15) is 0 Å². The second-order valence-corrected chi connectivity index (χ2v) is 7.63. The third kappa shape index (κ3) is 2.80. The Kier molecular flexibility index (Phi) is 4.44. The zero-order valence-corrected chi connectivity index (χ0v) is 14.9. The van der Waals surface area contributed by atoms with E-state index < -0.39 is 0 Å². The predicted molar refractivity (Wildman–Crippen MR) is 89.3 cm³/mol. The van der Waals surface area contributed by atoms with Crippen LogP contribution < -0.4 is 5.73 Å². The van der Waals surface area contributed by atoms with Gasteiger partial charge in [-0.3, -0.25) is 4.68 Å². The van der Waals surface area contributed by atoms with Crippen molar-refractivity contribution in [3.63, 3.8) is 0 Å². The average Bonchev–Trinajstić information content (AvgIpc) is 2.84. The number of rotatable bonds is 4. The molecule has 2 aliphatic heterocycles. The van der Waals surface area contributed by atoms with Crippen molar-refractivity contribution in [3.05, 3.63) is 15.9 Å². The van der Waals surface area contributed by atoms with Crippen LogP contribution in [-0.2, 0) is 19.9 Å². The van der Waals surface area contributed by atoms with Gasteiger partial charge >= 0.3 is 0 Å². The number of piperidine rings is 1. The van der Waals surface area contributed by atoms with Crippen LogP contribution in [0.2, 0.25) is 0 Å². The molecule has 0 saturated carbocycles. The molecule has 2 aliphatic rings. The van der Waals surface area contributed by atoms with Gasteiger partial charge in [0, 0.05) is 31.6 Å². The van der Waals surface area contributed by atoms with E-state index in [2.05, 4.69) is 39.9 Å². The average molecular weight is 355 g/mol. The lowest BCUT2D eigenvalue weighted by atomic mass is 9.83. The fourth-order valence-corrected chi connectivity index (χ4v) is 5.01. The van der Waals surface area contributed by atoms with Crippen molar-refractivity contribution >= 4 is 15.9 Å². The van der Waals surface area contributed by atoms with Crippen molar-refractivity contribution in [2.75, 3.05) is 7.05 Å². The van der Waals surface area contributed by atoms with Gasteiger partial charge in [0.05, 0.1) is 15.9 Å². The highest BCUT2D eigenvalue weighted by Crippen LogP contribution is 2.39. The Morgan fingerprint density at radius 3 is 2.43 bits per heavy atom. The van der Waals surface area contributed by atoms with Crippen LogP contribution >= 0.6 is 15.9 Å². The van der Waals surface area contributed by atoms with E-state index in [1.54, 1.807) is 0 Å². The molecule has 2 fully saturated rings. The number of fused-ring (bicyclic) bond motifs is 2. The number of hydrogen-bond acceptors (Lipinski definition) is 3. The van der Waals surface area contributed by atoms with Crippen molar-refractivity contribution in [2.45, 2.75) is 63.6 Å². The zero-order chi connectivity index (χ0) is 15.1. The Balaban J connectivity index is 1.70. The number of hydrogen-bond donors (Lipinski definition) is 1. The molecule has 2 saturated heterocycles. The summed E-state index contributed by atoms with van der Waals surface area (Å²) in [5.41, 5.74) is 8.98. The highest BCUT2D eigenvalue weighted by molar-refractivity contribution is 9.10. The van der Waals surface area contributed by atoms with Crippen molar-refractivity contribution in [2.24, 2.45) is 18.7 Å². The molecule has 1 aromatic rings. The van der Waals surface area contributed by atoms with Gasteiger partial charge in [-0.05, 0) is 61.0 Å². The minimum atomic E-state index is 0.248. The standard InChI is InChI=1S/C16H27BrN4/c1-4-14-16(17)15(21(3)19-14)9-13(18)10-7-11-5-6-12(8-10)20(11)2/h10-13H,4-9,18H2,1-3H3. The van der Waals surface area contributed by atoms with Crippen molar-refractivity contribution in [3.8, 4) is 0 Å². The van der Waals surface area contributed by atoms with E-state index in [1.165, 1.54) is 35.8 Å². The van der Waals surface area contributed by atoms with Gasteiger partial charge in [-0.1, -0.05) is 6.92 Å². The molecule has 0 amide bonds. The van der Waals surface area contributed by atoms with Crippen LogP contribution in [0.5, 0.6) is 0 Å². The van der Waals surface area contributed by atoms with Crippen LogP contribution in [0.1, 0.15) is 44.0 Å². The Labute approximate surface area is 136 Å². The van der Waals surface area contributed by atoms with E-state index in [1.807, 2.05) is 11.7 Å². The van der Waals surface area contributed by atoms with E-state index in [4.69, 9.17) is 5.73 Å². The zero-order valence-electron chi connectivity index (χ0n) is 13.3. The maximum absolute atomic E-state index is 6.59. The topological polar surface area (TPSA) is 47.1 Å². The quantitative estimate of drug-likeness (QED) is 0.903. The van der Waals surface area contributed by atoms with Crippen LogP contribution in [0.4, 0.5) is 0 Å². The van der Waals surface area contributed by atoms with Crippen LogP contribution in [0, 0.1) is 5.92 Å². The summed E-state index contributed by atoms with van der Waals surface area (Å²) in [5, 5.41) is 4.59. The molecule has 0 aromatic carbocycles. The first kappa shape index (κ1) is 15.5. The summed E-state index contributed by atoms with van der Waals surface area (Å²) in [7, 11) is 4.32. The molecular weight excluding hydrogens is 328 g/mol. The Morgan fingerprint density at radius 1 is 1.29 bits per heavy atom. The number of nitrogens with two attached hydrogens (primary N) is 1. The second kappa shape index (κ2) is 6.01. The van der Waals surface area contributed by atoms with Gasteiger partial charge in [0.2, 0.25) is 0 Å². The van der Waals surface area contributed by atoms with E-state index in [0.29, 0.717) is 5.92 Å². The molecule has 3 unspecified atom stereocenters. The first-order chi connectivity index (χ1) is 10.0. The Morgan fingerprint density at radius 2 is 1.90 bits per heavy atom. The highest BCUT2D eigenvalue weighted by atomic mass is 79.9. The van der Waals surface area contributed by atoms with Crippen LogP contribution in [0.15, 0.2) is 4.47 Å². The molecule has 0 aliphatic carbocycles. The summed E-state index contributed by atoms with van der Waals surface area (Å²) in [6.45, 7) is 2.14. The van der Waals surface area contributed by atoms with Gasteiger partial charge < -0.3 is 10.6 Å². The molecule has 118 valence electrons. The van der Waals surface area contributed by atoms with Crippen molar-refractivity contribution in [1.29, 1.82) is 0 Å². The second-order valence-electron chi connectivity index (χ2n) is 6.83. The smallest absolute Gasteiger partial charge is 0.0766 e. The van der Waals surface area contributed by atoms with Crippen LogP contribution in [0.25, 0.3) is 0 Å². The summed E-state index contributed by atoms with van der Waals surface area (Å²) in [6.07, 6.45) is 7.15. The number of aromatic nitrogens is 2. The van der Waals surface area contributed by atoms with E-state index in [0.717, 1.165) is 30.6 Å². The molecular formula is C16H27BrN4. The van der Waals surface area contributed by atoms with E-state index in [9.17, 15) is 0 Å². The van der Waals surface area contributed by atoms with E-state index >= 15 is 0 Å². The largest absolute Gasteiger partial charge is 0.327 e. The fraction of sp³-hybridized carbons (Fsp3) is 0.812. The van der Waals surface area contributed by atoms with Crippen molar-refractivity contribution in [1.82, 2.24) is 14.7 Å². The summed E-state index contributed by atoms with van der Waals surface area (Å²) >= 11 is 3.71. The minimum absolute atomic E-state index is 0.248. The molecule has 4 nitrogen and oxygen atoms in total. The summed E-state index contributed by atoms with van der Waals surface area (Å²) < 4.78 is 3.17. The maximum atomic E-state index is 6.59. The highest BCUT2D eigenvalue weighted by Gasteiger charge is 2.40. The van der Waals surface area contributed by atoms with Gasteiger partial charge in [0.15, 0.2) is 0 Å². The third-order valence-corrected chi connectivity index (χ3v) is 6.59. The summed E-state index contributed by atoms with van der Waals surface area (Å²) in [5.74, 6) is 0.658. The molecule has 3 rings (SSSR count). The number of halogens is 1. The van der Waals surface area contributed by atoms with Gasteiger partial charge in [-0.25, -0.2) is 0 Å². The fourth-order valence-electron chi connectivity index (χ4n) is 4.23. The molecule has 5 heteroatoms. The lowest BCUT2D eigenvalue weighted by Crippen LogP contribution is -2.46. The molecule has 3 heterocycles. The van der Waals surface area contributed by atoms with Crippen LogP contribution in [0.3, 0.4) is 0 Å². The molecule has 0 spiro atoms. The Hall–Kier alpha value is -0.390. The lowest BCUT2D eigenvalue weighted by molar-refractivity contribution is 0.120. The van der Waals surface area contributed by atoms with Crippen LogP contribution in [-0.4, -0.2) is 39.9 Å². The summed E-state index contributed by atoms with van der Waals surface area (Å²) in [4.78, 5) is 2.58. The molecule has 0 radical (unpaired) electrons. The molecule has 2 bridgehead atoms. The van der Waals surface area contributed by atoms with Gasteiger partial charge in [0.25, 0.3) is 0 Å². The Bertz CT molecular complexity index is 499. The minimum Gasteiger partial charge on any atom is -0.327 e. The molecule has 2 N–H and O–H groups in total. The molecule has 21 heavy (non-hydrogen) atoms. The van der Waals surface area contributed by atoms with Gasteiger partial charge in [-0.15, -0.1) is 0 Å². The van der Waals surface area contributed by atoms with Gasteiger partial charge in [-0.2, -0.15) is 5.10 Å². The first-order valence-corrected chi connectivity index (χ1v) is 8.98. The molecule has 3 atom stereocenters. The first-order valence-electron chi connectivity index (χ1n) is 8.19. The maximum Gasteiger partial charge on any atom is 0.0766 e. The van der Waals surface area contributed by atoms with Crippen molar-refractivity contribution < 1.29 is 0 Å². The SMILES string of the molecule is CCc1nn(C)c(CC(N)C2CC3CCC(C2)N3C)c1Br. The third-order valence-electron chi connectivity index (χ3n) is 5.67. The molecule has 1 aromatic heterocycles. The monoisotopic (exact) mass is 354 g/mol. The van der Waals surface area contributed by atoms with E-state index in [-0.39, 0.29) is 6.04 Å².